The summed E-state index contributed by atoms with van der Waals surface area (Å²) in [5.74, 6) is 0. The van der Waals surface area contributed by atoms with Crippen molar-refractivity contribution in [2.75, 3.05) is 25.5 Å². The van der Waals surface area contributed by atoms with E-state index in [0.717, 1.165) is 29.7 Å². The third-order valence-corrected chi connectivity index (χ3v) is 4.10. The van der Waals surface area contributed by atoms with Crippen molar-refractivity contribution < 1.29 is 0 Å². The van der Waals surface area contributed by atoms with Crippen molar-refractivity contribution in [2.24, 2.45) is 0 Å². The van der Waals surface area contributed by atoms with Gasteiger partial charge in [-0.1, -0.05) is 11.6 Å². The second-order valence-electron chi connectivity index (χ2n) is 5.22. The molecule has 0 bridgehead atoms. The maximum absolute atomic E-state index is 6.19. The molecule has 1 aliphatic heterocycles. The average molecular weight is 276 g/mol. The maximum Gasteiger partial charge on any atom is 0.0908 e. The molecule has 100 valence electrons. The first-order valence-electron chi connectivity index (χ1n) is 6.72. The summed E-state index contributed by atoms with van der Waals surface area (Å²) in [5, 5.41) is 5.46. The SMILES string of the molecule is CN1CCC(Nc2ccc(Cl)c3ncccc23)CC1. The van der Waals surface area contributed by atoms with E-state index in [-0.39, 0.29) is 0 Å². The number of hydrogen-bond donors (Lipinski definition) is 1. The van der Waals surface area contributed by atoms with Gasteiger partial charge < -0.3 is 10.2 Å². The Morgan fingerprint density at radius 1 is 1.26 bits per heavy atom. The summed E-state index contributed by atoms with van der Waals surface area (Å²) in [6.45, 7) is 2.31. The normalized spacial score (nSPS) is 17.8. The van der Waals surface area contributed by atoms with Crippen LogP contribution in [0.3, 0.4) is 0 Å². The fourth-order valence-electron chi connectivity index (χ4n) is 2.64. The first-order valence-corrected chi connectivity index (χ1v) is 7.10. The largest absolute Gasteiger partial charge is 0.382 e. The van der Waals surface area contributed by atoms with Crippen molar-refractivity contribution >= 4 is 28.2 Å². The quantitative estimate of drug-likeness (QED) is 0.911. The van der Waals surface area contributed by atoms with Crippen molar-refractivity contribution in [3.63, 3.8) is 0 Å². The summed E-state index contributed by atoms with van der Waals surface area (Å²) < 4.78 is 0. The van der Waals surface area contributed by atoms with Crippen LogP contribution in [0.15, 0.2) is 30.5 Å². The Morgan fingerprint density at radius 2 is 2.05 bits per heavy atom. The van der Waals surface area contributed by atoms with Crippen LogP contribution in [-0.2, 0) is 0 Å². The highest BCUT2D eigenvalue weighted by molar-refractivity contribution is 6.35. The van der Waals surface area contributed by atoms with Gasteiger partial charge in [0, 0.05) is 23.3 Å². The van der Waals surface area contributed by atoms with E-state index in [0.29, 0.717) is 11.1 Å². The van der Waals surface area contributed by atoms with Crippen LogP contribution >= 0.6 is 11.6 Å². The first kappa shape index (κ1) is 12.7. The van der Waals surface area contributed by atoms with Crippen LogP contribution in [0.25, 0.3) is 10.9 Å². The lowest BCUT2D eigenvalue weighted by atomic mass is 10.0. The third-order valence-electron chi connectivity index (χ3n) is 3.80. The Bertz CT molecular complexity index is 577. The third kappa shape index (κ3) is 2.67. The highest BCUT2D eigenvalue weighted by Crippen LogP contribution is 2.29. The van der Waals surface area contributed by atoms with Crippen LogP contribution in [0.1, 0.15) is 12.8 Å². The summed E-state index contributed by atoms with van der Waals surface area (Å²) in [6.07, 6.45) is 4.15. The van der Waals surface area contributed by atoms with Crippen molar-refractivity contribution in [1.82, 2.24) is 9.88 Å². The monoisotopic (exact) mass is 275 g/mol. The molecule has 4 heteroatoms. The number of aromatic nitrogens is 1. The molecule has 1 N–H and O–H groups in total. The van der Waals surface area contributed by atoms with Crippen molar-refractivity contribution in [2.45, 2.75) is 18.9 Å². The van der Waals surface area contributed by atoms with Crippen LogP contribution in [0, 0.1) is 0 Å². The zero-order chi connectivity index (χ0) is 13.2. The van der Waals surface area contributed by atoms with Gasteiger partial charge in [0.15, 0.2) is 0 Å². The van der Waals surface area contributed by atoms with E-state index in [9.17, 15) is 0 Å². The number of piperidine rings is 1. The van der Waals surface area contributed by atoms with Gasteiger partial charge >= 0.3 is 0 Å². The van der Waals surface area contributed by atoms with E-state index in [1.165, 1.54) is 12.8 Å². The molecule has 2 aromatic rings. The molecule has 0 amide bonds. The topological polar surface area (TPSA) is 28.2 Å². The smallest absolute Gasteiger partial charge is 0.0908 e. The Morgan fingerprint density at radius 3 is 2.84 bits per heavy atom. The molecule has 0 radical (unpaired) electrons. The minimum Gasteiger partial charge on any atom is -0.382 e. The maximum atomic E-state index is 6.19. The van der Waals surface area contributed by atoms with Crippen LogP contribution in [0.2, 0.25) is 5.02 Å². The van der Waals surface area contributed by atoms with E-state index in [1.807, 2.05) is 12.1 Å². The number of pyridine rings is 1. The number of hydrogen-bond acceptors (Lipinski definition) is 3. The van der Waals surface area contributed by atoms with Crippen LogP contribution in [0.4, 0.5) is 5.69 Å². The van der Waals surface area contributed by atoms with Crippen molar-refractivity contribution in [1.29, 1.82) is 0 Å². The van der Waals surface area contributed by atoms with Gasteiger partial charge in [-0.05, 0) is 57.2 Å². The molecule has 0 unspecified atom stereocenters. The van der Waals surface area contributed by atoms with Gasteiger partial charge in [-0.15, -0.1) is 0 Å². The number of anilines is 1. The lowest BCUT2D eigenvalue weighted by Crippen LogP contribution is -2.36. The molecule has 3 rings (SSSR count). The lowest BCUT2D eigenvalue weighted by molar-refractivity contribution is 0.264. The standard InChI is InChI=1S/C15H18ClN3/c1-19-9-6-11(7-10-19)18-14-5-4-13(16)15-12(14)3-2-8-17-15/h2-5,8,11,18H,6-7,9-10H2,1H3. The molecule has 1 aromatic carbocycles. The average Bonchev–Trinajstić information content (AvgIpc) is 2.45. The summed E-state index contributed by atoms with van der Waals surface area (Å²) in [6, 6.07) is 8.56. The van der Waals surface area contributed by atoms with Gasteiger partial charge in [-0.2, -0.15) is 0 Å². The number of fused-ring (bicyclic) bond motifs is 1. The second kappa shape index (κ2) is 5.35. The van der Waals surface area contributed by atoms with Crippen molar-refractivity contribution in [3.8, 4) is 0 Å². The molecule has 0 spiro atoms. The fourth-order valence-corrected chi connectivity index (χ4v) is 2.85. The van der Waals surface area contributed by atoms with Gasteiger partial charge in [-0.25, -0.2) is 0 Å². The fraction of sp³-hybridized carbons (Fsp3) is 0.400. The van der Waals surface area contributed by atoms with Gasteiger partial charge in [0.1, 0.15) is 0 Å². The molecule has 3 nitrogen and oxygen atoms in total. The molecule has 1 aromatic heterocycles. The van der Waals surface area contributed by atoms with Gasteiger partial charge in [0.2, 0.25) is 0 Å². The second-order valence-corrected chi connectivity index (χ2v) is 5.62. The zero-order valence-corrected chi connectivity index (χ0v) is 11.8. The molecular formula is C15H18ClN3. The Kier molecular flexibility index (Phi) is 3.58. The van der Waals surface area contributed by atoms with E-state index >= 15 is 0 Å². The molecule has 0 saturated carbocycles. The summed E-state index contributed by atoms with van der Waals surface area (Å²) in [5.41, 5.74) is 2.02. The number of benzene rings is 1. The number of halogens is 1. The number of likely N-dealkylation sites (tertiary alicyclic amines) is 1. The molecule has 0 aliphatic carbocycles. The Hall–Kier alpha value is -1.32. The minimum atomic E-state index is 0.542. The minimum absolute atomic E-state index is 0.542. The van der Waals surface area contributed by atoms with Crippen molar-refractivity contribution in [3.05, 3.63) is 35.5 Å². The predicted molar refractivity (Wildman–Crippen MR) is 80.9 cm³/mol. The summed E-state index contributed by atoms with van der Waals surface area (Å²) >= 11 is 6.19. The molecule has 2 heterocycles. The number of nitrogens with one attached hydrogen (secondary N) is 1. The van der Waals surface area contributed by atoms with E-state index in [4.69, 9.17) is 11.6 Å². The van der Waals surface area contributed by atoms with E-state index in [1.54, 1.807) is 6.20 Å². The molecule has 1 aliphatic rings. The molecule has 19 heavy (non-hydrogen) atoms. The highest BCUT2D eigenvalue weighted by atomic mass is 35.5. The summed E-state index contributed by atoms with van der Waals surface area (Å²) in [7, 11) is 2.18. The van der Waals surface area contributed by atoms with Crippen LogP contribution < -0.4 is 5.32 Å². The van der Waals surface area contributed by atoms with Crippen LogP contribution in [0.5, 0.6) is 0 Å². The number of rotatable bonds is 2. The first-order chi connectivity index (χ1) is 9.24. The predicted octanol–water partition coefficient (Wildman–Crippen LogP) is 3.39. The van der Waals surface area contributed by atoms with Gasteiger partial charge in [0.25, 0.3) is 0 Å². The molecule has 1 saturated heterocycles. The zero-order valence-electron chi connectivity index (χ0n) is 11.1. The van der Waals surface area contributed by atoms with Gasteiger partial charge in [-0.3, -0.25) is 4.98 Å². The van der Waals surface area contributed by atoms with E-state index < -0.39 is 0 Å². The van der Waals surface area contributed by atoms with Gasteiger partial charge in [0.05, 0.1) is 10.5 Å². The van der Waals surface area contributed by atoms with Crippen LogP contribution in [-0.4, -0.2) is 36.1 Å². The molecule has 1 fully saturated rings. The summed E-state index contributed by atoms with van der Waals surface area (Å²) in [4.78, 5) is 6.74. The Balaban J connectivity index is 1.87. The van der Waals surface area contributed by atoms with E-state index in [2.05, 4.69) is 34.4 Å². The number of nitrogens with zero attached hydrogens (tertiary/aromatic N) is 2. The molecule has 0 atom stereocenters. The Labute approximate surface area is 118 Å². The molecular weight excluding hydrogens is 258 g/mol. The lowest BCUT2D eigenvalue weighted by Gasteiger charge is -2.30. The highest BCUT2D eigenvalue weighted by Gasteiger charge is 2.17.